The molecule has 16 heavy (non-hydrogen) atoms. The van der Waals surface area contributed by atoms with Crippen LogP contribution in [-0.4, -0.2) is 44.8 Å². The Kier molecular flexibility index (Phi) is 3.88. The summed E-state index contributed by atoms with van der Waals surface area (Å²) in [5, 5.41) is 0. The molecule has 2 fully saturated rings. The van der Waals surface area contributed by atoms with Gasteiger partial charge in [0, 0.05) is 5.41 Å². The molecule has 0 bridgehead atoms. The molecular weight excluding hydrogens is 200 g/mol. The number of rotatable bonds is 4. The zero-order valence-electron chi connectivity index (χ0n) is 10.7. The van der Waals surface area contributed by atoms with Crippen LogP contribution in [0, 0.1) is 17.3 Å². The topological polar surface area (TPSA) is 38.5 Å². The number of piperidine rings is 1. The van der Waals surface area contributed by atoms with Crippen molar-refractivity contribution in [2.75, 3.05) is 39.9 Å². The Morgan fingerprint density at radius 2 is 2.00 bits per heavy atom. The molecule has 2 N–H and O–H groups in total. The summed E-state index contributed by atoms with van der Waals surface area (Å²) in [6.45, 7) is 7.49. The quantitative estimate of drug-likeness (QED) is 0.786. The van der Waals surface area contributed by atoms with Crippen molar-refractivity contribution in [2.24, 2.45) is 23.0 Å². The van der Waals surface area contributed by atoms with Crippen molar-refractivity contribution < 1.29 is 4.74 Å². The summed E-state index contributed by atoms with van der Waals surface area (Å²) in [6.07, 6.45) is 3.86. The SMILES string of the molecule is CCC(CN)C1(C2CCN(C)CC2)COC1. The second kappa shape index (κ2) is 5.03. The van der Waals surface area contributed by atoms with Gasteiger partial charge in [0.25, 0.3) is 0 Å². The molecule has 94 valence electrons. The van der Waals surface area contributed by atoms with Crippen LogP contribution in [0.5, 0.6) is 0 Å². The van der Waals surface area contributed by atoms with Gasteiger partial charge in [-0.15, -0.1) is 0 Å². The number of likely N-dealkylation sites (tertiary alicyclic amines) is 1. The average Bonchev–Trinajstić information content (AvgIpc) is 2.25. The number of hydrogen-bond acceptors (Lipinski definition) is 3. The molecule has 0 aromatic rings. The Morgan fingerprint density at radius 1 is 1.38 bits per heavy atom. The molecular formula is C13H26N2O. The number of nitrogens with two attached hydrogens (primary N) is 1. The second-order valence-corrected chi connectivity index (χ2v) is 5.64. The van der Waals surface area contributed by atoms with E-state index in [0.717, 1.165) is 25.7 Å². The maximum absolute atomic E-state index is 5.95. The van der Waals surface area contributed by atoms with Gasteiger partial charge in [-0.25, -0.2) is 0 Å². The smallest absolute Gasteiger partial charge is 0.0550 e. The number of hydrogen-bond donors (Lipinski definition) is 1. The fourth-order valence-corrected chi connectivity index (χ4v) is 3.53. The molecule has 1 unspecified atom stereocenters. The van der Waals surface area contributed by atoms with E-state index < -0.39 is 0 Å². The van der Waals surface area contributed by atoms with E-state index in [1.807, 2.05) is 0 Å². The predicted octanol–water partition coefficient (Wildman–Crippen LogP) is 1.33. The maximum Gasteiger partial charge on any atom is 0.0550 e. The first-order chi connectivity index (χ1) is 7.73. The van der Waals surface area contributed by atoms with Crippen LogP contribution < -0.4 is 5.73 Å². The van der Waals surface area contributed by atoms with Gasteiger partial charge >= 0.3 is 0 Å². The molecule has 2 rings (SSSR count). The summed E-state index contributed by atoms with van der Waals surface area (Å²) in [5.74, 6) is 1.50. The van der Waals surface area contributed by atoms with Crippen LogP contribution in [0.15, 0.2) is 0 Å². The van der Waals surface area contributed by atoms with E-state index >= 15 is 0 Å². The molecule has 0 aromatic carbocycles. The second-order valence-electron chi connectivity index (χ2n) is 5.64. The Bertz CT molecular complexity index is 216. The van der Waals surface area contributed by atoms with E-state index in [1.54, 1.807) is 0 Å². The van der Waals surface area contributed by atoms with Crippen molar-refractivity contribution in [2.45, 2.75) is 26.2 Å². The molecule has 2 aliphatic rings. The van der Waals surface area contributed by atoms with E-state index in [9.17, 15) is 0 Å². The summed E-state index contributed by atoms with van der Waals surface area (Å²) in [7, 11) is 2.22. The predicted molar refractivity (Wildman–Crippen MR) is 66.3 cm³/mol. The van der Waals surface area contributed by atoms with Gasteiger partial charge in [-0.2, -0.15) is 0 Å². The molecule has 3 heteroatoms. The standard InChI is InChI=1S/C13H26N2O/c1-3-11(8-14)13(9-16-10-13)12-4-6-15(2)7-5-12/h11-12H,3-10,14H2,1-2H3. The molecule has 0 amide bonds. The highest BCUT2D eigenvalue weighted by atomic mass is 16.5. The van der Waals surface area contributed by atoms with Gasteiger partial charge in [-0.1, -0.05) is 13.3 Å². The first kappa shape index (κ1) is 12.3. The van der Waals surface area contributed by atoms with Crippen molar-refractivity contribution in [1.29, 1.82) is 0 Å². The molecule has 1 atom stereocenters. The maximum atomic E-state index is 5.95. The van der Waals surface area contributed by atoms with Crippen molar-refractivity contribution in [3.05, 3.63) is 0 Å². The van der Waals surface area contributed by atoms with E-state index in [4.69, 9.17) is 10.5 Å². The monoisotopic (exact) mass is 226 g/mol. The lowest BCUT2D eigenvalue weighted by Gasteiger charge is -2.53. The number of ether oxygens (including phenoxy) is 1. The Balaban J connectivity index is 2.03. The summed E-state index contributed by atoms with van der Waals surface area (Å²) in [6, 6.07) is 0. The molecule has 0 radical (unpaired) electrons. The average molecular weight is 226 g/mol. The highest BCUT2D eigenvalue weighted by Crippen LogP contribution is 2.47. The van der Waals surface area contributed by atoms with Gasteiger partial charge in [0.1, 0.15) is 0 Å². The fourth-order valence-electron chi connectivity index (χ4n) is 3.53. The highest BCUT2D eigenvalue weighted by molar-refractivity contribution is 4.98. The minimum atomic E-state index is 0.421. The van der Waals surface area contributed by atoms with Crippen LogP contribution in [0.1, 0.15) is 26.2 Å². The van der Waals surface area contributed by atoms with Crippen molar-refractivity contribution in [1.82, 2.24) is 4.90 Å². The van der Waals surface area contributed by atoms with Crippen LogP contribution in [0.4, 0.5) is 0 Å². The van der Waals surface area contributed by atoms with Gasteiger partial charge in [0.15, 0.2) is 0 Å². The van der Waals surface area contributed by atoms with Gasteiger partial charge in [0.2, 0.25) is 0 Å². The van der Waals surface area contributed by atoms with Crippen molar-refractivity contribution in [3.8, 4) is 0 Å². The van der Waals surface area contributed by atoms with Crippen LogP contribution in [0.3, 0.4) is 0 Å². The largest absolute Gasteiger partial charge is 0.380 e. The van der Waals surface area contributed by atoms with E-state index in [1.165, 1.54) is 32.4 Å². The molecule has 2 heterocycles. The van der Waals surface area contributed by atoms with Gasteiger partial charge in [-0.05, 0) is 51.4 Å². The molecule has 2 aliphatic heterocycles. The summed E-state index contributed by atoms with van der Waals surface area (Å²) in [4.78, 5) is 2.44. The van der Waals surface area contributed by atoms with Crippen LogP contribution in [-0.2, 0) is 4.74 Å². The third-order valence-corrected chi connectivity index (χ3v) is 4.86. The first-order valence-corrected chi connectivity index (χ1v) is 6.69. The van der Waals surface area contributed by atoms with Crippen molar-refractivity contribution >= 4 is 0 Å². The highest BCUT2D eigenvalue weighted by Gasteiger charge is 2.50. The third kappa shape index (κ3) is 2.01. The molecule has 3 nitrogen and oxygen atoms in total. The molecule has 0 spiro atoms. The fraction of sp³-hybridized carbons (Fsp3) is 1.00. The lowest BCUT2D eigenvalue weighted by atomic mass is 9.61. The van der Waals surface area contributed by atoms with Gasteiger partial charge in [0.05, 0.1) is 13.2 Å². The summed E-state index contributed by atoms with van der Waals surface area (Å²) in [5.41, 5.74) is 6.37. The Morgan fingerprint density at radius 3 is 2.38 bits per heavy atom. The van der Waals surface area contributed by atoms with Crippen LogP contribution in [0.2, 0.25) is 0 Å². The van der Waals surface area contributed by atoms with E-state index in [0.29, 0.717) is 11.3 Å². The Labute approximate surface area is 99.3 Å². The summed E-state index contributed by atoms with van der Waals surface area (Å²) < 4.78 is 5.53. The third-order valence-electron chi connectivity index (χ3n) is 4.86. The molecule has 2 saturated heterocycles. The normalized spacial score (nSPS) is 28.7. The van der Waals surface area contributed by atoms with Crippen LogP contribution >= 0.6 is 0 Å². The molecule has 0 aromatic heterocycles. The Hall–Kier alpha value is -0.120. The summed E-state index contributed by atoms with van der Waals surface area (Å²) >= 11 is 0. The van der Waals surface area contributed by atoms with E-state index in [-0.39, 0.29) is 0 Å². The zero-order valence-corrected chi connectivity index (χ0v) is 10.7. The minimum absolute atomic E-state index is 0.421. The van der Waals surface area contributed by atoms with Crippen molar-refractivity contribution in [3.63, 3.8) is 0 Å². The zero-order chi connectivity index (χ0) is 11.6. The lowest BCUT2D eigenvalue weighted by molar-refractivity contribution is -0.185. The van der Waals surface area contributed by atoms with Gasteiger partial charge in [-0.3, -0.25) is 0 Å². The first-order valence-electron chi connectivity index (χ1n) is 6.69. The van der Waals surface area contributed by atoms with E-state index in [2.05, 4.69) is 18.9 Å². The lowest BCUT2D eigenvalue weighted by Crippen LogP contribution is -2.57. The van der Waals surface area contributed by atoms with Crippen LogP contribution in [0.25, 0.3) is 0 Å². The van der Waals surface area contributed by atoms with Gasteiger partial charge < -0.3 is 15.4 Å². The minimum Gasteiger partial charge on any atom is -0.380 e. The molecule has 0 aliphatic carbocycles. The number of nitrogens with zero attached hydrogens (tertiary/aromatic N) is 1. The molecule has 0 saturated carbocycles.